The van der Waals surface area contributed by atoms with Crippen LogP contribution < -0.4 is 4.90 Å². The van der Waals surface area contributed by atoms with Gasteiger partial charge in [-0.3, -0.25) is 9.69 Å². The number of amides is 1. The Labute approximate surface area is 169 Å². The number of likely N-dealkylation sites (tertiary alicyclic amines) is 1. The second-order valence-corrected chi connectivity index (χ2v) is 9.45. The number of carbonyl (C=O) groups excluding carboxylic acids is 1. The second kappa shape index (κ2) is 7.62. The molecule has 1 aliphatic carbocycles. The summed E-state index contributed by atoms with van der Waals surface area (Å²) in [6.45, 7) is 11.2. The first-order chi connectivity index (χ1) is 13.4. The molecule has 1 aromatic heterocycles. The van der Waals surface area contributed by atoms with Gasteiger partial charge in [-0.1, -0.05) is 13.8 Å². The van der Waals surface area contributed by atoms with Crippen molar-refractivity contribution in [1.29, 1.82) is 0 Å². The SMILES string of the molecule is Cc1nc(C(C)C)cc(N2CCN(C)[C@@]3(CCC(=O)N(CC4CC4)CC3)C2)n1. The molecule has 1 saturated carbocycles. The van der Waals surface area contributed by atoms with Crippen LogP contribution in [0.2, 0.25) is 0 Å². The molecule has 0 N–H and O–H groups in total. The number of aryl methyl sites for hydroxylation is 1. The van der Waals surface area contributed by atoms with Gasteiger partial charge in [-0.25, -0.2) is 9.97 Å². The van der Waals surface area contributed by atoms with Crippen LogP contribution in [0.3, 0.4) is 0 Å². The minimum Gasteiger partial charge on any atom is -0.353 e. The third-order valence-electron chi connectivity index (χ3n) is 6.94. The summed E-state index contributed by atoms with van der Waals surface area (Å²) in [6.07, 6.45) is 5.27. The number of hydrogen-bond donors (Lipinski definition) is 0. The number of rotatable bonds is 4. The maximum Gasteiger partial charge on any atom is 0.222 e. The lowest BCUT2D eigenvalue weighted by Crippen LogP contribution is -2.61. The number of aromatic nitrogens is 2. The van der Waals surface area contributed by atoms with E-state index in [9.17, 15) is 4.79 Å². The summed E-state index contributed by atoms with van der Waals surface area (Å²) in [6, 6.07) is 2.16. The highest BCUT2D eigenvalue weighted by molar-refractivity contribution is 5.76. The van der Waals surface area contributed by atoms with Crippen molar-refractivity contribution in [2.75, 3.05) is 44.7 Å². The van der Waals surface area contributed by atoms with Gasteiger partial charge in [-0.15, -0.1) is 0 Å². The molecule has 1 amide bonds. The van der Waals surface area contributed by atoms with Crippen LogP contribution in [0, 0.1) is 12.8 Å². The van der Waals surface area contributed by atoms with Crippen LogP contribution in [0.4, 0.5) is 5.82 Å². The van der Waals surface area contributed by atoms with E-state index in [1.807, 2.05) is 6.92 Å². The molecule has 3 heterocycles. The number of hydrogen-bond acceptors (Lipinski definition) is 5. The topological polar surface area (TPSA) is 52.6 Å². The first kappa shape index (κ1) is 19.6. The molecule has 0 radical (unpaired) electrons. The van der Waals surface area contributed by atoms with Crippen LogP contribution in [-0.4, -0.2) is 71.0 Å². The van der Waals surface area contributed by atoms with Crippen LogP contribution in [0.1, 0.15) is 63.4 Å². The summed E-state index contributed by atoms with van der Waals surface area (Å²) in [7, 11) is 2.24. The van der Waals surface area contributed by atoms with Crippen LogP contribution in [0.5, 0.6) is 0 Å². The van der Waals surface area contributed by atoms with E-state index in [0.717, 1.165) is 68.8 Å². The Kier molecular flexibility index (Phi) is 5.34. The third-order valence-corrected chi connectivity index (χ3v) is 6.94. The van der Waals surface area contributed by atoms with Crippen molar-refractivity contribution in [2.24, 2.45) is 5.92 Å². The van der Waals surface area contributed by atoms with E-state index < -0.39 is 0 Å². The molecule has 4 rings (SSSR count). The zero-order valence-electron chi connectivity index (χ0n) is 17.9. The van der Waals surface area contributed by atoms with Gasteiger partial charge in [-0.2, -0.15) is 0 Å². The molecule has 2 saturated heterocycles. The molecule has 0 bridgehead atoms. The van der Waals surface area contributed by atoms with Gasteiger partial charge in [0, 0.05) is 56.4 Å². The predicted octanol–water partition coefficient (Wildman–Crippen LogP) is 2.82. The minimum absolute atomic E-state index is 0.0586. The fourth-order valence-electron chi connectivity index (χ4n) is 4.73. The van der Waals surface area contributed by atoms with Gasteiger partial charge in [0.2, 0.25) is 5.91 Å². The van der Waals surface area contributed by atoms with Crippen LogP contribution in [0.25, 0.3) is 0 Å². The van der Waals surface area contributed by atoms with E-state index in [1.54, 1.807) is 0 Å². The first-order valence-corrected chi connectivity index (χ1v) is 11.0. The van der Waals surface area contributed by atoms with E-state index in [4.69, 9.17) is 4.98 Å². The molecule has 3 aliphatic rings. The van der Waals surface area contributed by atoms with Crippen molar-refractivity contribution in [3.63, 3.8) is 0 Å². The Bertz CT molecular complexity index is 732. The predicted molar refractivity (Wildman–Crippen MR) is 112 cm³/mol. The quantitative estimate of drug-likeness (QED) is 0.798. The number of likely N-dealkylation sites (N-methyl/N-ethyl adjacent to an activating group) is 1. The number of piperazine rings is 1. The monoisotopic (exact) mass is 385 g/mol. The third kappa shape index (κ3) is 4.02. The van der Waals surface area contributed by atoms with Crippen molar-refractivity contribution in [1.82, 2.24) is 19.8 Å². The Morgan fingerprint density at radius 2 is 1.96 bits per heavy atom. The largest absolute Gasteiger partial charge is 0.353 e. The standard InChI is InChI=1S/C22H35N5O/c1-16(2)19-13-20(24-17(3)23-19)27-12-11-25(4)22(15-27)8-7-21(28)26(10-9-22)14-18-5-6-18/h13,16,18H,5-12,14-15H2,1-4H3/t22-/m1/s1. The van der Waals surface area contributed by atoms with Crippen molar-refractivity contribution < 1.29 is 4.79 Å². The number of anilines is 1. The first-order valence-electron chi connectivity index (χ1n) is 11.0. The van der Waals surface area contributed by atoms with Gasteiger partial charge in [0.15, 0.2) is 0 Å². The molecule has 1 atom stereocenters. The molecule has 1 spiro atoms. The van der Waals surface area contributed by atoms with Gasteiger partial charge >= 0.3 is 0 Å². The fraction of sp³-hybridized carbons (Fsp3) is 0.773. The molecule has 0 unspecified atom stereocenters. The van der Waals surface area contributed by atoms with Crippen LogP contribution in [-0.2, 0) is 4.79 Å². The van der Waals surface area contributed by atoms with Gasteiger partial charge in [0.05, 0.1) is 0 Å². The fourth-order valence-corrected chi connectivity index (χ4v) is 4.73. The Morgan fingerprint density at radius 1 is 1.18 bits per heavy atom. The Balaban J connectivity index is 1.54. The van der Waals surface area contributed by atoms with Crippen molar-refractivity contribution >= 4 is 11.7 Å². The van der Waals surface area contributed by atoms with Gasteiger partial charge in [0.1, 0.15) is 11.6 Å². The van der Waals surface area contributed by atoms with E-state index in [1.165, 1.54) is 12.8 Å². The maximum absolute atomic E-state index is 12.7. The highest BCUT2D eigenvalue weighted by atomic mass is 16.2. The lowest BCUT2D eigenvalue weighted by atomic mass is 9.86. The summed E-state index contributed by atoms with van der Waals surface area (Å²) in [5, 5.41) is 0. The summed E-state index contributed by atoms with van der Waals surface area (Å²) in [5.41, 5.74) is 1.17. The van der Waals surface area contributed by atoms with Gasteiger partial charge in [0.25, 0.3) is 0 Å². The van der Waals surface area contributed by atoms with Gasteiger partial charge in [-0.05, 0) is 51.5 Å². The summed E-state index contributed by atoms with van der Waals surface area (Å²) >= 11 is 0. The average Bonchev–Trinajstić information content (AvgIpc) is 3.49. The van der Waals surface area contributed by atoms with Crippen molar-refractivity contribution in [3.8, 4) is 0 Å². The maximum atomic E-state index is 12.7. The van der Waals surface area contributed by atoms with Gasteiger partial charge < -0.3 is 9.80 Å². The Hall–Kier alpha value is -1.69. The molecule has 3 fully saturated rings. The van der Waals surface area contributed by atoms with E-state index in [0.29, 0.717) is 18.2 Å². The molecular formula is C22H35N5O. The average molecular weight is 386 g/mol. The highest BCUT2D eigenvalue weighted by Crippen LogP contribution is 2.36. The van der Waals surface area contributed by atoms with Crippen LogP contribution >= 0.6 is 0 Å². The van der Waals surface area contributed by atoms with Crippen LogP contribution in [0.15, 0.2) is 6.07 Å². The van der Waals surface area contributed by atoms with E-state index in [-0.39, 0.29) is 5.54 Å². The smallest absolute Gasteiger partial charge is 0.222 e. The molecule has 1 aromatic rings. The zero-order chi connectivity index (χ0) is 19.9. The second-order valence-electron chi connectivity index (χ2n) is 9.45. The zero-order valence-corrected chi connectivity index (χ0v) is 17.9. The van der Waals surface area contributed by atoms with E-state index in [2.05, 4.69) is 46.6 Å². The molecule has 0 aromatic carbocycles. The molecule has 28 heavy (non-hydrogen) atoms. The van der Waals surface area contributed by atoms with Crippen molar-refractivity contribution in [3.05, 3.63) is 17.6 Å². The molecule has 154 valence electrons. The minimum atomic E-state index is 0.0586. The molecule has 6 heteroatoms. The number of carbonyl (C=O) groups is 1. The summed E-state index contributed by atoms with van der Waals surface area (Å²) in [4.78, 5) is 29.2. The summed E-state index contributed by atoms with van der Waals surface area (Å²) in [5.74, 6) is 3.41. The molecule has 6 nitrogen and oxygen atoms in total. The Morgan fingerprint density at radius 3 is 2.68 bits per heavy atom. The number of nitrogens with zero attached hydrogens (tertiary/aromatic N) is 5. The lowest BCUT2D eigenvalue weighted by molar-refractivity contribution is -0.130. The lowest BCUT2D eigenvalue weighted by Gasteiger charge is -2.49. The van der Waals surface area contributed by atoms with E-state index >= 15 is 0 Å². The highest BCUT2D eigenvalue weighted by Gasteiger charge is 2.43. The van der Waals surface area contributed by atoms with Crippen molar-refractivity contribution in [2.45, 2.75) is 64.3 Å². The molecule has 2 aliphatic heterocycles. The normalized spacial score (nSPS) is 27.0. The summed E-state index contributed by atoms with van der Waals surface area (Å²) < 4.78 is 0. The molecular weight excluding hydrogens is 350 g/mol.